The molecule has 1 nitrogen and oxygen atoms in total. The molecule has 17 heavy (non-hydrogen) atoms. The number of benzene rings is 1. The maximum Gasteiger partial charge on any atom is 0.181 e. The standard InChI is InChI=1S/C14H15ClOS/c1-10(2)12-7-14(17-9-12)16-13-5-3-11(8-15)4-6-13/h3-7,9-10H,8H2,1-2H3. The molecule has 0 atom stereocenters. The Kier molecular flexibility index (Phi) is 4.08. The van der Waals surface area contributed by atoms with Gasteiger partial charge in [-0.3, -0.25) is 0 Å². The van der Waals surface area contributed by atoms with Gasteiger partial charge in [0.05, 0.1) is 0 Å². The second-order valence-corrected chi connectivity index (χ2v) is 5.37. The van der Waals surface area contributed by atoms with Crippen LogP contribution in [0.25, 0.3) is 0 Å². The van der Waals surface area contributed by atoms with Crippen LogP contribution in [0.1, 0.15) is 30.9 Å². The lowest BCUT2D eigenvalue weighted by Crippen LogP contribution is -1.83. The van der Waals surface area contributed by atoms with E-state index < -0.39 is 0 Å². The molecule has 0 aliphatic rings. The Morgan fingerprint density at radius 2 is 1.94 bits per heavy atom. The van der Waals surface area contributed by atoms with E-state index in [-0.39, 0.29) is 0 Å². The van der Waals surface area contributed by atoms with Crippen molar-refractivity contribution >= 4 is 22.9 Å². The third-order valence-electron chi connectivity index (χ3n) is 2.56. The molecule has 0 saturated carbocycles. The van der Waals surface area contributed by atoms with Gasteiger partial charge in [-0.25, -0.2) is 0 Å². The van der Waals surface area contributed by atoms with Crippen molar-refractivity contribution in [3.8, 4) is 10.8 Å². The quantitative estimate of drug-likeness (QED) is 0.673. The molecule has 0 unspecified atom stereocenters. The number of hydrogen-bond acceptors (Lipinski definition) is 2. The van der Waals surface area contributed by atoms with E-state index in [0.717, 1.165) is 16.4 Å². The average Bonchev–Trinajstić information content (AvgIpc) is 2.79. The summed E-state index contributed by atoms with van der Waals surface area (Å²) < 4.78 is 5.78. The van der Waals surface area contributed by atoms with Gasteiger partial charge in [0, 0.05) is 5.88 Å². The Balaban J connectivity index is 2.08. The predicted molar refractivity (Wildman–Crippen MR) is 74.5 cm³/mol. The molecule has 0 spiro atoms. The molecule has 0 saturated heterocycles. The minimum absolute atomic E-state index is 0.538. The predicted octanol–water partition coefficient (Wildman–Crippen LogP) is 5.40. The number of halogens is 1. The van der Waals surface area contributed by atoms with Crippen molar-refractivity contribution in [2.45, 2.75) is 25.6 Å². The molecule has 0 bridgehead atoms. The first-order chi connectivity index (χ1) is 8.19. The number of thiophene rings is 1. The third kappa shape index (κ3) is 3.24. The summed E-state index contributed by atoms with van der Waals surface area (Å²) in [4.78, 5) is 0. The van der Waals surface area contributed by atoms with Crippen molar-refractivity contribution in [3.05, 3.63) is 46.8 Å². The van der Waals surface area contributed by atoms with Crippen molar-refractivity contribution in [1.82, 2.24) is 0 Å². The monoisotopic (exact) mass is 266 g/mol. The van der Waals surface area contributed by atoms with Crippen LogP contribution in [0.3, 0.4) is 0 Å². The second-order valence-electron chi connectivity index (χ2n) is 4.23. The van der Waals surface area contributed by atoms with Crippen molar-refractivity contribution < 1.29 is 4.74 Å². The highest BCUT2D eigenvalue weighted by Crippen LogP contribution is 2.31. The van der Waals surface area contributed by atoms with Crippen molar-refractivity contribution in [1.29, 1.82) is 0 Å². The van der Waals surface area contributed by atoms with E-state index in [9.17, 15) is 0 Å². The van der Waals surface area contributed by atoms with E-state index in [1.165, 1.54) is 5.56 Å². The number of hydrogen-bond donors (Lipinski definition) is 0. The van der Waals surface area contributed by atoms with E-state index in [1.807, 2.05) is 24.3 Å². The number of rotatable bonds is 4. The van der Waals surface area contributed by atoms with Crippen LogP contribution in [-0.2, 0) is 5.88 Å². The largest absolute Gasteiger partial charge is 0.447 e. The van der Waals surface area contributed by atoms with Crippen molar-refractivity contribution in [2.75, 3.05) is 0 Å². The van der Waals surface area contributed by atoms with Crippen LogP contribution in [-0.4, -0.2) is 0 Å². The molecule has 90 valence electrons. The lowest BCUT2D eigenvalue weighted by Gasteiger charge is -2.03. The highest BCUT2D eigenvalue weighted by atomic mass is 35.5. The molecule has 0 fully saturated rings. The molecule has 0 amide bonds. The van der Waals surface area contributed by atoms with Gasteiger partial charge in [-0.1, -0.05) is 26.0 Å². The summed E-state index contributed by atoms with van der Waals surface area (Å²) in [5, 5.41) is 3.08. The van der Waals surface area contributed by atoms with Gasteiger partial charge in [-0.05, 0) is 40.6 Å². The third-order valence-corrected chi connectivity index (χ3v) is 3.69. The van der Waals surface area contributed by atoms with Gasteiger partial charge >= 0.3 is 0 Å². The van der Waals surface area contributed by atoms with Crippen LogP contribution in [0.4, 0.5) is 0 Å². The molecule has 1 aromatic heterocycles. The number of alkyl halides is 1. The van der Waals surface area contributed by atoms with Gasteiger partial charge in [-0.15, -0.1) is 22.9 Å². The summed E-state index contributed by atoms with van der Waals surface area (Å²) >= 11 is 7.37. The Bertz CT molecular complexity index is 473. The summed E-state index contributed by atoms with van der Waals surface area (Å²) in [6.45, 7) is 4.36. The molecule has 2 aromatic rings. The van der Waals surface area contributed by atoms with Gasteiger partial charge < -0.3 is 4.74 Å². The molecule has 3 heteroatoms. The Hall–Kier alpha value is -0.990. The molecular weight excluding hydrogens is 252 g/mol. The van der Waals surface area contributed by atoms with E-state index in [0.29, 0.717) is 11.8 Å². The minimum atomic E-state index is 0.538. The van der Waals surface area contributed by atoms with E-state index >= 15 is 0 Å². The zero-order chi connectivity index (χ0) is 12.3. The fraction of sp³-hybridized carbons (Fsp3) is 0.286. The molecular formula is C14H15ClOS. The molecule has 0 N–H and O–H groups in total. The van der Waals surface area contributed by atoms with Gasteiger partial charge in [0.25, 0.3) is 0 Å². The van der Waals surface area contributed by atoms with Crippen LogP contribution in [0.2, 0.25) is 0 Å². The van der Waals surface area contributed by atoms with Crippen LogP contribution < -0.4 is 4.74 Å². The summed E-state index contributed by atoms with van der Waals surface area (Å²) in [5.41, 5.74) is 2.43. The van der Waals surface area contributed by atoms with Gasteiger partial charge in [0.1, 0.15) is 5.75 Å². The highest BCUT2D eigenvalue weighted by Gasteiger charge is 2.05. The molecule has 1 aromatic carbocycles. The molecule has 0 radical (unpaired) electrons. The van der Waals surface area contributed by atoms with E-state index in [1.54, 1.807) is 11.3 Å². The van der Waals surface area contributed by atoms with Crippen LogP contribution >= 0.6 is 22.9 Å². The summed E-state index contributed by atoms with van der Waals surface area (Å²) in [5.74, 6) is 1.94. The van der Waals surface area contributed by atoms with Crippen molar-refractivity contribution in [2.24, 2.45) is 0 Å². The molecule has 0 aliphatic carbocycles. The smallest absolute Gasteiger partial charge is 0.181 e. The van der Waals surface area contributed by atoms with Gasteiger partial charge in [-0.2, -0.15) is 0 Å². The van der Waals surface area contributed by atoms with Crippen LogP contribution in [0.5, 0.6) is 10.8 Å². The Morgan fingerprint density at radius 3 is 2.47 bits per heavy atom. The average molecular weight is 267 g/mol. The Morgan fingerprint density at radius 1 is 1.24 bits per heavy atom. The summed E-state index contributed by atoms with van der Waals surface area (Å²) in [6, 6.07) is 9.97. The van der Waals surface area contributed by atoms with Crippen LogP contribution in [0, 0.1) is 0 Å². The van der Waals surface area contributed by atoms with Gasteiger partial charge in [0.2, 0.25) is 0 Å². The Labute approximate surface area is 111 Å². The highest BCUT2D eigenvalue weighted by molar-refractivity contribution is 7.12. The first kappa shape index (κ1) is 12.5. The topological polar surface area (TPSA) is 9.23 Å². The lowest BCUT2D eigenvalue weighted by atomic mass is 10.1. The zero-order valence-electron chi connectivity index (χ0n) is 9.94. The fourth-order valence-corrected chi connectivity index (χ4v) is 2.57. The maximum atomic E-state index is 5.78. The number of ether oxygens (including phenoxy) is 1. The first-order valence-electron chi connectivity index (χ1n) is 5.60. The van der Waals surface area contributed by atoms with Gasteiger partial charge in [0.15, 0.2) is 5.06 Å². The fourth-order valence-electron chi connectivity index (χ4n) is 1.45. The molecule has 0 aliphatic heterocycles. The normalized spacial score (nSPS) is 10.8. The summed E-state index contributed by atoms with van der Waals surface area (Å²) in [7, 11) is 0. The van der Waals surface area contributed by atoms with E-state index in [4.69, 9.17) is 16.3 Å². The lowest BCUT2D eigenvalue weighted by molar-refractivity contribution is 0.496. The van der Waals surface area contributed by atoms with E-state index in [2.05, 4.69) is 25.3 Å². The van der Waals surface area contributed by atoms with Crippen molar-refractivity contribution in [3.63, 3.8) is 0 Å². The minimum Gasteiger partial charge on any atom is -0.447 e. The second kappa shape index (κ2) is 5.56. The SMILES string of the molecule is CC(C)c1csc(Oc2ccc(CCl)cc2)c1. The maximum absolute atomic E-state index is 5.78. The van der Waals surface area contributed by atoms with Crippen LogP contribution in [0.15, 0.2) is 35.7 Å². The zero-order valence-corrected chi connectivity index (χ0v) is 11.5. The molecule has 1 heterocycles. The molecule has 2 rings (SSSR count). The first-order valence-corrected chi connectivity index (χ1v) is 7.01. The summed E-state index contributed by atoms with van der Waals surface area (Å²) in [6.07, 6.45) is 0.